The van der Waals surface area contributed by atoms with Crippen molar-refractivity contribution in [2.45, 2.75) is 6.92 Å². The first-order chi connectivity index (χ1) is 10.6. The van der Waals surface area contributed by atoms with Crippen LogP contribution in [0.5, 0.6) is 0 Å². The summed E-state index contributed by atoms with van der Waals surface area (Å²) in [6, 6.07) is 17.3. The Morgan fingerprint density at radius 3 is 2.45 bits per heavy atom. The second-order valence-corrected chi connectivity index (χ2v) is 7.11. The third-order valence-corrected chi connectivity index (χ3v) is 4.61. The molecule has 0 aliphatic heterocycles. The van der Waals surface area contributed by atoms with Crippen LogP contribution >= 0.6 is 27.3 Å². The second kappa shape index (κ2) is 6.42. The second-order valence-electron chi connectivity index (χ2n) is 4.83. The van der Waals surface area contributed by atoms with Gasteiger partial charge in [-0.15, -0.1) is 0 Å². The molecular formula is C17H13BrN2OS. The number of benzene rings is 2. The van der Waals surface area contributed by atoms with Gasteiger partial charge in [-0.1, -0.05) is 59.4 Å². The molecule has 5 heteroatoms. The van der Waals surface area contributed by atoms with E-state index < -0.39 is 0 Å². The first-order valence-corrected chi connectivity index (χ1v) is 8.34. The van der Waals surface area contributed by atoms with E-state index in [0.717, 1.165) is 25.7 Å². The molecule has 0 saturated carbocycles. The van der Waals surface area contributed by atoms with Crippen LogP contribution in [0, 0.1) is 6.92 Å². The fourth-order valence-electron chi connectivity index (χ4n) is 2.05. The van der Waals surface area contributed by atoms with Crippen molar-refractivity contribution < 1.29 is 4.79 Å². The lowest BCUT2D eigenvalue weighted by Crippen LogP contribution is -2.11. The van der Waals surface area contributed by atoms with Gasteiger partial charge in [0.1, 0.15) is 10.7 Å². The molecule has 0 fully saturated rings. The molecule has 0 saturated heterocycles. The van der Waals surface area contributed by atoms with Gasteiger partial charge in [-0.25, -0.2) is 4.98 Å². The smallest absolute Gasteiger partial charge is 0.256 e. The minimum Gasteiger partial charge on any atom is -0.312 e. The van der Waals surface area contributed by atoms with Crippen LogP contribution in [0.1, 0.15) is 15.9 Å². The zero-order valence-corrected chi connectivity index (χ0v) is 14.2. The Morgan fingerprint density at radius 2 is 1.77 bits per heavy atom. The molecule has 0 atom stereocenters. The fourth-order valence-corrected chi connectivity index (χ4v) is 3.42. The number of halogens is 1. The van der Waals surface area contributed by atoms with Gasteiger partial charge in [0.2, 0.25) is 0 Å². The Labute approximate surface area is 141 Å². The summed E-state index contributed by atoms with van der Waals surface area (Å²) in [4.78, 5) is 16.8. The number of carbonyl (C=O) groups is 1. The van der Waals surface area contributed by atoms with Gasteiger partial charge in [0.05, 0.1) is 0 Å². The number of nitrogens with one attached hydrogen (secondary N) is 1. The molecule has 0 bridgehead atoms. The minimum atomic E-state index is -0.131. The van der Waals surface area contributed by atoms with Crippen molar-refractivity contribution in [1.82, 2.24) is 4.98 Å². The van der Waals surface area contributed by atoms with E-state index >= 15 is 0 Å². The molecule has 3 rings (SSSR count). The first kappa shape index (κ1) is 14.9. The third kappa shape index (κ3) is 3.26. The van der Waals surface area contributed by atoms with Gasteiger partial charge in [-0.2, -0.15) is 0 Å². The van der Waals surface area contributed by atoms with Crippen molar-refractivity contribution >= 4 is 38.2 Å². The summed E-state index contributed by atoms with van der Waals surface area (Å²) >= 11 is 4.80. The van der Waals surface area contributed by atoms with Crippen LogP contribution in [-0.2, 0) is 0 Å². The number of aryl methyl sites for hydroxylation is 1. The molecule has 22 heavy (non-hydrogen) atoms. The van der Waals surface area contributed by atoms with Crippen LogP contribution in [0.25, 0.3) is 11.3 Å². The maximum atomic E-state index is 12.4. The maximum Gasteiger partial charge on any atom is 0.256 e. The Morgan fingerprint density at radius 1 is 1.09 bits per heavy atom. The van der Waals surface area contributed by atoms with E-state index in [1.807, 2.05) is 61.5 Å². The highest BCUT2D eigenvalue weighted by atomic mass is 79.9. The number of hydrogen-bond donors (Lipinski definition) is 1. The highest BCUT2D eigenvalue weighted by molar-refractivity contribution is 9.11. The Kier molecular flexibility index (Phi) is 4.36. The molecule has 0 spiro atoms. The Balaban J connectivity index is 1.90. The standard InChI is InChI=1S/C17H13BrN2OS/c1-11-7-9-13(10-8-11)15(21)20-16-14(19-17(18)22-16)12-5-3-2-4-6-12/h2-10H,1H3,(H,20,21). The van der Waals surface area contributed by atoms with Crippen molar-refractivity contribution in [2.75, 3.05) is 5.32 Å². The number of rotatable bonds is 3. The predicted octanol–water partition coefficient (Wildman–Crippen LogP) is 5.13. The number of amides is 1. The van der Waals surface area contributed by atoms with Crippen LogP contribution in [0.15, 0.2) is 58.5 Å². The van der Waals surface area contributed by atoms with Gasteiger partial charge < -0.3 is 5.32 Å². The van der Waals surface area contributed by atoms with Gasteiger partial charge in [-0.05, 0) is 35.0 Å². The van der Waals surface area contributed by atoms with E-state index in [9.17, 15) is 4.79 Å². The predicted molar refractivity (Wildman–Crippen MR) is 94.4 cm³/mol. The number of aromatic nitrogens is 1. The number of carbonyl (C=O) groups excluding carboxylic acids is 1. The van der Waals surface area contributed by atoms with Gasteiger partial charge in [0.15, 0.2) is 3.92 Å². The summed E-state index contributed by atoms with van der Waals surface area (Å²) in [6.07, 6.45) is 0. The first-order valence-electron chi connectivity index (χ1n) is 6.73. The summed E-state index contributed by atoms with van der Waals surface area (Å²) in [5, 5.41) is 3.69. The molecular weight excluding hydrogens is 360 g/mol. The largest absolute Gasteiger partial charge is 0.312 e. The van der Waals surface area contributed by atoms with E-state index in [0.29, 0.717) is 5.56 Å². The molecule has 0 aliphatic carbocycles. The molecule has 0 unspecified atom stereocenters. The Hall–Kier alpha value is -1.98. The number of hydrogen-bond acceptors (Lipinski definition) is 3. The van der Waals surface area contributed by atoms with Crippen LogP contribution in [0.3, 0.4) is 0 Å². The molecule has 1 aromatic heterocycles. The zero-order valence-electron chi connectivity index (χ0n) is 11.8. The third-order valence-electron chi connectivity index (χ3n) is 3.19. The molecule has 0 radical (unpaired) electrons. The summed E-state index contributed by atoms with van der Waals surface area (Å²) in [7, 11) is 0. The number of thiazole rings is 1. The monoisotopic (exact) mass is 372 g/mol. The molecule has 1 N–H and O–H groups in total. The van der Waals surface area contributed by atoms with E-state index in [-0.39, 0.29) is 5.91 Å². The molecule has 110 valence electrons. The summed E-state index contributed by atoms with van der Waals surface area (Å²) in [6.45, 7) is 2.00. The normalized spacial score (nSPS) is 10.5. The highest BCUT2D eigenvalue weighted by Gasteiger charge is 2.15. The van der Waals surface area contributed by atoms with E-state index in [1.165, 1.54) is 11.3 Å². The number of anilines is 1. The Bertz CT molecular complexity index is 797. The fraction of sp³-hybridized carbons (Fsp3) is 0.0588. The van der Waals surface area contributed by atoms with Crippen molar-refractivity contribution in [1.29, 1.82) is 0 Å². The molecule has 1 amide bonds. The summed E-state index contributed by atoms with van der Waals surface area (Å²) < 4.78 is 0.741. The van der Waals surface area contributed by atoms with E-state index in [2.05, 4.69) is 26.2 Å². The van der Waals surface area contributed by atoms with E-state index in [1.54, 1.807) is 0 Å². The molecule has 2 aromatic carbocycles. The van der Waals surface area contributed by atoms with E-state index in [4.69, 9.17) is 0 Å². The van der Waals surface area contributed by atoms with Gasteiger partial charge in [0.25, 0.3) is 5.91 Å². The summed E-state index contributed by atoms with van der Waals surface area (Å²) in [5.74, 6) is -0.131. The SMILES string of the molecule is Cc1ccc(C(=O)Nc2sc(Br)nc2-c2ccccc2)cc1. The zero-order chi connectivity index (χ0) is 15.5. The summed E-state index contributed by atoms with van der Waals surface area (Å²) in [5.41, 5.74) is 3.51. The topological polar surface area (TPSA) is 42.0 Å². The molecule has 3 aromatic rings. The molecule has 3 nitrogen and oxygen atoms in total. The van der Waals surface area contributed by atoms with Crippen LogP contribution in [0.4, 0.5) is 5.00 Å². The lowest BCUT2D eigenvalue weighted by atomic mass is 10.1. The van der Waals surface area contributed by atoms with Crippen molar-refractivity contribution in [3.63, 3.8) is 0 Å². The van der Waals surface area contributed by atoms with Crippen molar-refractivity contribution in [3.8, 4) is 11.3 Å². The van der Waals surface area contributed by atoms with Crippen LogP contribution in [0.2, 0.25) is 0 Å². The average Bonchev–Trinajstić information content (AvgIpc) is 2.89. The van der Waals surface area contributed by atoms with Crippen molar-refractivity contribution in [3.05, 3.63) is 69.6 Å². The molecule has 0 aliphatic rings. The van der Waals surface area contributed by atoms with Crippen molar-refractivity contribution in [2.24, 2.45) is 0 Å². The number of nitrogens with zero attached hydrogens (tertiary/aromatic N) is 1. The highest BCUT2D eigenvalue weighted by Crippen LogP contribution is 2.35. The molecule has 1 heterocycles. The van der Waals surface area contributed by atoms with Gasteiger partial charge in [-0.3, -0.25) is 4.79 Å². The van der Waals surface area contributed by atoms with Gasteiger partial charge in [0, 0.05) is 11.1 Å². The average molecular weight is 373 g/mol. The van der Waals surface area contributed by atoms with Crippen LogP contribution < -0.4 is 5.32 Å². The lowest BCUT2D eigenvalue weighted by Gasteiger charge is -2.05. The van der Waals surface area contributed by atoms with Gasteiger partial charge >= 0.3 is 0 Å². The lowest BCUT2D eigenvalue weighted by molar-refractivity contribution is 0.102. The minimum absolute atomic E-state index is 0.131. The van der Waals surface area contributed by atoms with Crippen LogP contribution in [-0.4, -0.2) is 10.9 Å². The maximum absolute atomic E-state index is 12.4. The quantitative estimate of drug-likeness (QED) is 0.691.